The average Bonchev–Trinajstić information content (AvgIpc) is 2.95. The molecule has 10 heteroatoms. The van der Waals surface area contributed by atoms with Crippen molar-refractivity contribution in [2.75, 3.05) is 10.2 Å². The Labute approximate surface area is 182 Å². The molecule has 2 heterocycles. The molecule has 0 aliphatic carbocycles. The Hall–Kier alpha value is -3.23. The molecule has 2 amide bonds. The number of carboxylic acid groups (broad SMARTS) is 1. The summed E-state index contributed by atoms with van der Waals surface area (Å²) in [6.07, 6.45) is 0.573. The minimum Gasteiger partial charge on any atom is -0.465 e. The number of aryl methyl sites for hydroxylation is 1. The molecule has 30 heavy (non-hydrogen) atoms. The Morgan fingerprint density at radius 3 is 2.77 bits per heavy atom. The van der Waals surface area contributed by atoms with E-state index in [9.17, 15) is 9.59 Å². The number of anilines is 3. The number of nitrogens with zero attached hydrogens (tertiary/aromatic N) is 3. The number of amides is 2. The number of hydrogen-bond acceptors (Lipinski definition) is 4. The van der Waals surface area contributed by atoms with E-state index in [1.54, 1.807) is 52.2 Å². The molecule has 0 bridgehead atoms. The van der Waals surface area contributed by atoms with E-state index >= 15 is 0 Å². The van der Waals surface area contributed by atoms with Gasteiger partial charge in [-0.1, -0.05) is 29.3 Å². The lowest BCUT2D eigenvalue weighted by Gasteiger charge is -2.23. The minimum absolute atomic E-state index is 0.0948. The fourth-order valence-corrected chi connectivity index (χ4v) is 3.79. The van der Waals surface area contributed by atoms with Crippen molar-refractivity contribution in [3.05, 3.63) is 69.3 Å². The Morgan fingerprint density at radius 2 is 2.03 bits per heavy atom. The highest BCUT2D eigenvalue weighted by Crippen LogP contribution is 2.38. The molecule has 2 aromatic carbocycles. The summed E-state index contributed by atoms with van der Waals surface area (Å²) in [4.78, 5) is 25.8. The predicted molar refractivity (Wildman–Crippen MR) is 115 cm³/mol. The molecule has 3 aromatic rings. The largest absolute Gasteiger partial charge is 0.465 e. The molecule has 0 atom stereocenters. The summed E-state index contributed by atoms with van der Waals surface area (Å²) < 4.78 is 1.70. The molecule has 0 saturated heterocycles. The molecule has 0 radical (unpaired) electrons. The molecule has 0 fully saturated rings. The highest BCUT2D eigenvalue weighted by atomic mass is 35.5. The molecule has 154 valence electrons. The zero-order valence-corrected chi connectivity index (χ0v) is 17.3. The average molecular weight is 446 g/mol. The Morgan fingerprint density at radius 1 is 1.23 bits per heavy atom. The summed E-state index contributed by atoms with van der Waals surface area (Å²) in [5, 5.41) is 19.4. The lowest BCUT2D eigenvalue weighted by molar-refractivity contribution is 0.0985. The molecule has 0 spiro atoms. The molecule has 0 unspecified atom stereocenters. The fourth-order valence-electron chi connectivity index (χ4n) is 3.33. The summed E-state index contributed by atoms with van der Waals surface area (Å²) in [6.45, 7) is 0.389. The van der Waals surface area contributed by atoms with Crippen molar-refractivity contribution in [2.24, 2.45) is 7.05 Å². The summed E-state index contributed by atoms with van der Waals surface area (Å²) >= 11 is 12.6. The maximum Gasteiger partial charge on any atom is 0.404 e. The Kier molecular flexibility index (Phi) is 5.27. The van der Waals surface area contributed by atoms with E-state index in [4.69, 9.17) is 28.3 Å². The van der Waals surface area contributed by atoms with Gasteiger partial charge in [-0.3, -0.25) is 9.48 Å². The third-order valence-electron chi connectivity index (χ3n) is 4.80. The smallest absolute Gasteiger partial charge is 0.404 e. The molecule has 1 aromatic heterocycles. The van der Waals surface area contributed by atoms with Crippen molar-refractivity contribution in [1.82, 2.24) is 15.1 Å². The Balaban J connectivity index is 1.72. The number of carbonyl (C=O) groups is 2. The number of rotatable bonds is 3. The van der Waals surface area contributed by atoms with Crippen LogP contribution in [-0.4, -0.2) is 26.9 Å². The first-order valence-electron chi connectivity index (χ1n) is 8.98. The van der Waals surface area contributed by atoms with Crippen LogP contribution >= 0.6 is 23.2 Å². The van der Waals surface area contributed by atoms with E-state index in [0.29, 0.717) is 34.1 Å². The van der Waals surface area contributed by atoms with Crippen molar-refractivity contribution in [3.63, 3.8) is 0 Å². The number of hydrogen-bond donors (Lipinski definition) is 3. The standard InChI is InChI=1S/C20H17Cl2N5O3/c1-26-18-12(9-24-26)10-27(17-5-3-13(21)7-16(17)25-18)19(28)14-4-2-11(6-15(14)22)8-23-20(29)30/h2-7,9,23,25H,8,10H2,1H3,(H,29,30). The van der Waals surface area contributed by atoms with Gasteiger partial charge in [0.05, 0.1) is 34.7 Å². The summed E-state index contributed by atoms with van der Waals surface area (Å²) in [6, 6.07) is 10.1. The second-order valence-corrected chi connectivity index (χ2v) is 7.64. The second-order valence-electron chi connectivity index (χ2n) is 6.79. The van der Waals surface area contributed by atoms with Gasteiger partial charge in [0.2, 0.25) is 0 Å². The van der Waals surface area contributed by atoms with E-state index in [-0.39, 0.29) is 17.5 Å². The molecular formula is C20H17Cl2N5O3. The molecule has 1 aliphatic rings. The van der Waals surface area contributed by atoms with E-state index in [1.807, 2.05) is 7.05 Å². The third-order valence-corrected chi connectivity index (χ3v) is 5.35. The predicted octanol–water partition coefficient (Wildman–Crippen LogP) is 4.40. The van der Waals surface area contributed by atoms with E-state index < -0.39 is 6.09 Å². The number of nitrogens with one attached hydrogen (secondary N) is 2. The molecule has 4 rings (SSSR count). The monoisotopic (exact) mass is 445 g/mol. The highest BCUT2D eigenvalue weighted by molar-refractivity contribution is 6.35. The van der Waals surface area contributed by atoms with Gasteiger partial charge in [0.1, 0.15) is 5.82 Å². The molecule has 3 N–H and O–H groups in total. The van der Waals surface area contributed by atoms with E-state index in [2.05, 4.69) is 15.7 Å². The first kappa shape index (κ1) is 20.1. The lowest BCUT2D eigenvalue weighted by atomic mass is 10.1. The van der Waals surface area contributed by atoms with Crippen LogP contribution in [-0.2, 0) is 20.1 Å². The zero-order chi connectivity index (χ0) is 21.4. The number of halogens is 2. The first-order valence-corrected chi connectivity index (χ1v) is 9.73. The van der Waals surface area contributed by atoms with Crippen LogP contribution in [0.25, 0.3) is 0 Å². The molecular weight excluding hydrogens is 429 g/mol. The minimum atomic E-state index is -1.13. The van der Waals surface area contributed by atoms with Crippen LogP contribution in [0.15, 0.2) is 42.6 Å². The van der Waals surface area contributed by atoms with Gasteiger partial charge in [-0.25, -0.2) is 4.79 Å². The first-order chi connectivity index (χ1) is 14.3. The van der Waals surface area contributed by atoms with Crippen molar-refractivity contribution in [2.45, 2.75) is 13.1 Å². The van der Waals surface area contributed by atoms with Crippen molar-refractivity contribution < 1.29 is 14.7 Å². The number of carbonyl (C=O) groups excluding carboxylic acids is 1. The van der Waals surface area contributed by atoms with Gasteiger partial charge < -0.3 is 20.6 Å². The molecule has 0 saturated carbocycles. The van der Waals surface area contributed by atoms with Gasteiger partial charge in [-0.05, 0) is 35.9 Å². The van der Waals surface area contributed by atoms with Crippen LogP contribution in [0.3, 0.4) is 0 Å². The SMILES string of the molecule is Cn1ncc2c1Nc1cc(Cl)ccc1N(C(=O)c1ccc(CNC(=O)O)cc1Cl)C2. The molecule has 1 aliphatic heterocycles. The van der Waals surface area contributed by atoms with Gasteiger partial charge in [0.15, 0.2) is 0 Å². The van der Waals surface area contributed by atoms with Crippen LogP contribution in [0.2, 0.25) is 10.0 Å². The summed E-state index contributed by atoms with van der Waals surface area (Å²) in [5.74, 6) is 0.481. The van der Waals surface area contributed by atoms with Crippen LogP contribution in [0.4, 0.5) is 22.0 Å². The van der Waals surface area contributed by atoms with E-state index in [0.717, 1.165) is 11.4 Å². The number of benzene rings is 2. The van der Waals surface area contributed by atoms with Gasteiger partial charge in [-0.2, -0.15) is 5.10 Å². The van der Waals surface area contributed by atoms with Crippen LogP contribution in [0.5, 0.6) is 0 Å². The third kappa shape index (κ3) is 3.79. The number of aromatic nitrogens is 2. The van der Waals surface area contributed by atoms with Crippen LogP contribution in [0, 0.1) is 0 Å². The quantitative estimate of drug-likeness (QED) is 0.554. The fraction of sp³-hybridized carbons (Fsp3) is 0.150. The molecule has 8 nitrogen and oxygen atoms in total. The second kappa shape index (κ2) is 7.89. The van der Waals surface area contributed by atoms with Gasteiger partial charge in [-0.15, -0.1) is 0 Å². The van der Waals surface area contributed by atoms with Gasteiger partial charge >= 0.3 is 6.09 Å². The van der Waals surface area contributed by atoms with Crippen molar-refractivity contribution in [3.8, 4) is 0 Å². The zero-order valence-electron chi connectivity index (χ0n) is 15.8. The summed E-state index contributed by atoms with van der Waals surface area (Å²) in [5.41, 5.74) is 3.14. The van der Waals surface area contributed by atoms with Crippen molar-refractivity contribution in [1.29, 1.82) is 0 Å². The maximum absolute atomic E-state index is 13.5. The highest BCUT2D eigenvalue weighted by Gasteiger charge is 2.28. The van der Waals surface area contributed by atoms with E-state index in [1.165, 1.54) is 0 Å². The van der Waals surface area contributed by atoms with Gasteiger partial charge in [0.25, 0.3) is 5.91 Å². The number of fused-ring (bicyclic) bond motifs is 2. The van der Waals surface area contributed by atoms with Crippen LogP contribution in [0.1, 0.15) is 21.5 Å². The van der Waals surface area contributed by atoms with Gasteiger partial charge in [0, 0.05) is 24.2 Å². The van der Waals surface area contributed by atoms with Crippen molar-refractivity contribution >= 4 is 52.4 Å². The lowest BCUT2D eigenvalue weighted by Crippen LogP contribution is -2.30. The topological polar surface area (TPSA) is 99.5 Å². The Bertz CT molecular complexity index is 1160. The van der Waals surface area contributed by atoms with Crippen LogP contribution < -0.4 is 15.5 Å². The summed E-state index contributed by atoms with van der Waals surface area (Å²) in [7, 11) is 1.81. The maximum atomic E-state index is 13.5. The normalized spacial score (nSPS) is 12.4.